The van der Waals surface area contributed by atoms with E-state index in [1.54, 1.807) is 78.9 Å². The molecular weight excluding hydrogens is 520 g/mol. The third kappa shape index (κ3) is 6.29. The van der Waals surface area contributed by atoms with Crippen LogP contribution in [0.5, 0.6) is 11.5 Å². The Balaban J connectivity index is 1.63. The normalized spacial score (nSPS) is 11.6. The van der Waals surface area contributed by atoms with Crippen LogP contribution < -0.4 is 20.9 Å². The van der Waals surface area contributed by atoms with Gasteiger partial charge < -0.3 is 21.0 Å². The molecule has 198 valence electrons. The third-order valence-corrected chi connectivity index (χ3v) is 6.72. The van der Waals surface area contributed by atoms with E-state index in [0.29, 0.717) is 28.0 Å². The second-order valence-electron chi connectivity index (χ2n) is 8.45. The largest absolute Gasteiger partial charge is 0.455 e. The van der Waals surface area contributed by atoms with Crippen molar-refractivity contribution in [2.75, 3.05) is 5.32 Å². The summed E-state index contributed by atoms with van der Waals surface area (Å²) in [5, 5.41) is 20.0. The zero-order valence-corrected chi connectivity index (χ0v) is 21.5. The molecule has 0 saturated carbocycles. The van der Waals surface area contributed by atoms with E-state index in [9.17, 15) is 18.0 Å². The Morgan fingerprint density at radius 2 is 1.56 bits per heavy atom. The number of hydrogen-bond donors (Lipinski definition) is 4. The number of nitrogens with zero attached hydrogens (tertiary/aromatic N) is 1. The molecule has 0 aliphatic heterocycles. The van der Waals surface area contributed by atoms with Crippen LogP contribution in [0.15, 0.2) is 101 Å². The maximum absolute atomic E-state index is 13.1. The summed E-state index contributed by atoms with van der Waals surface area (Å²) in [6, 6.07) is 23.7. The van der Waals surface area contributed by atoms with Crippen molar-refractivity contribution in [1.82, 2.24) is 0 Å². The molecule has 4 rings (SSSR count). The molecule has 0 bridgehead atoms. The van der Waals surface area contributed by atoms with Gasteiger partial charge in [-0.3, -0.25) is 9.59 Å². The third-order valence-electron chi connectivity index (χ3n) is 5.75. The lowest BCUT2D eigenvalue weighted by Gasteiger charge is -2.14. The molecule has 0 aliphatic carbocycles. The number of oxime groups is 1. The molecule has 0 unspecified atom stereocenters. The summed E-state index contributed by atoms with van der Waals surface area (Å²) in [4.78, 5) is 25.1. The number of anilines is 1. The van der Waals surface area contributed by atoms with Crippen molar-refractivity contribution >= 4 is 33.2 Å². The van der Waals surface area contributed by atoms with Gasteiger partial charge in [0, 0.05) is 22.3 Å². The lowest BCUT2D eigenvalue weighted by Crippen LogP contribution is -2.14. The monoisotopic (exact) mass is 544 g/mol. The van der Waals surface area contributed by atoms with Crippen molar-refractivity contribution in [3.63, 3.8) is 0 Å². The smallest absolute Gasteiger partial charge is 0.255 e. The summed E-state index contributed by atoms with van der Waals surface area (Å²) in [5.41, 5.74) is 7.93. The summed E-state index contributed by atoms with van der Waals surface area (Å²) in [6.45, 7) is 1.40. The van der Waals surface area contributed by atoms with Gasteiger partial charge in [0.15, 0.2) is 17.4 Å². The van der Waals surface area contributed by atoms with Crippen molar-refractivity contribution in [2.24, 2.45) is 16.0 Å². The van der Waals surface area contributed by atoms with Gasteiger partial charge in [0.2, 0.25) is 10.0 Å². The minimum absolute atomic E-state index is 0.0267. The molecule has 0 spiro atoms. The van der Waals surface area contributed by atoms with Crippen LogP contribution in [-0.2, 0) is 10.0 Å². The molecule has 0 atom stereocenters. The van der Waals surface area contributed by atoms with Crippen LogP contribution in [0, 0.1) is 0 Å². The number of nitrogens with two attached hydrogens (primary N) is 2. The first kappa shape index (κ1) is 27.0. The minimum Gasteiger partial charge on any atom is -0.455 e. The molecule has 6 N–H and O–H groups in total. The number of ketones is 1. The molecular formula is C28H24N4O6S. The number of benzene rings is 4. The van der Waals surface area contributed by atoms with Crippen molar-refractivity contribution in [3.05, 3.63) is 108 Å². The highest BCUT2D eigenvalue weighted by Crippen LogP contribution is 2.32. The zero-order valence-electron chi connectivity index (χ0n) is 20.7. The number of carbonyl (C=O) groups excluding carboxylic acids is 2. The lowest BCUT2D eigenvalue weighted by atomic mass is 10.0. The summed E-state index contributed by atoms with van der Waals surface area (Å²) in [7, 11) is -3.95. The SMILES string of the molecule is CC(=O)c1ccc(Oc2cccc(/C(N)=N\O)c2)c(NC(=O)c2ccc(-c3ccccc3S(N)(=O)=O)cc2)c1. The van der Waals surface area contributed by atoms with Gasteiger partial charge in [0.1, 0.15) is 5.75 Å². The van der Waals surface area contributed by atoms with E-state index >= 15 is 0 Å². The molecule has 39 heavy (non-hydrogen) atoms. The van der Waals surface area contributed by atoms with E-state index in [0.717, 1.165) is 0 Å². The van der Waals surface area contributed by atoms with E-state index in [1.165, 1.54) is 19.1 Å². The number of Topliss-reactive ketones (excluding diaryl/α,β-unsaturated/α-hetero) is 1. The first-order valence-corrected chi connectivity index (χ1v) is 13.1. The molecule has 4 aromatic carbocycles. The molecule has 11 heteroatoms. The highest BCUT2D eigenvalue weighted by atomic mass is 32.2. The Kier molecular flexibility index (Phi) is 7.75. The average Bonchev–Trinajstić information content (AvgIpc) is 2.93. The van der Waals surface area contributed by atoms with Crippen molar-refractivity contribution in [2.45, 2.75) is 11.8 Å². The van der Waals surface area contributed by atoms with Gasteiger partial charge in [0.05, 0.1) is 10.6 Å². The molecule has 10 nitrogen and oxygen atoms in total. The second kappa shape index (κ2) is 11.2. The van der Waals surface area contributed by atoms with Gasteiger partial charge in [-0.2, -0.15) is 0 Å². The predicted octanol–water partition coefficient (Wildman–Crippen LogP) is 4.34. The number of primary sulfonamides is 1. The van der Waals surface area contributed by atoms with Crippen molar-refractivity contribution < 1.29 is 28.0 Å². The highest BCUT2D eigenvalue weighted by Gasteiger charge is 2.17. The van der Waals surface area contributed by atoms with E-state index in [2.05, 4.69) is 10.5 Å². The number of carbonyl (C=O) groups is 2. The lowest BCUT2D eigenvalue weighted by molar-refractivity contribution is 0.101. The van der Waals surface area contributed by atoms with Gasteiger partial charge in [-0.25, -0.2) is 13.6 Å². The minimum atomic E-state index is -3.95. The molecule has 0 aromatic heterocycles. The fourth-order valence-corrected chi connectivity index (χ4v) is 4.55. The quantitative estimate of drug-likeness (QED) is 0.0839. The number of rotatable bonds is 8. The molecule has 0 fully saturated rings. The van der Waals surface area contributed by atoms with E-state index < -0.39 is 15.9 Å². The maximum atomic E-state index is 13.1. The molecule has 1 amide bonds. The van der Waals surface area contributed by atoms with Crippen LogP contribution in [0.1, 0.15) is 33.2 Å². The van der Waals surface area contributed by atoms with Crippen LogP contribution in [0.2, 0.25) is 0 Å². The maximum Gasteiger partial charge on any atom is 0.255 e. The van der Waals surface area contributed by atoms with Crippen molar-refractivity contribution in [1.29, 1.82) is 0 Å². The van der Waals surface area contributed by atoms with Crippen LogP contribution in [-0.4, -0.2) is 31.2 Å². The van der Waals surface area contributed by atoms with Gasteiger partial charge in [-0.1, -0.05) is 47.6 Å². The number of amidine groups is 1. The number of ether oxygens (including phenoxy) is 1. The Hall–Kier alpha value is -5.00. The van der Waals surface area contributed by atoms with Gasteiger partial charge >= 0.3 is 0 Å². The fourth-order valence-electron chi connectivity index (χ4n) is 3.79. The Labute approximate surface area is 224 Å². The molecule has 0 saturated heterocycles. The summed E-state index contributed by atoms with van der Waals surface area (Å²) in [6.07, 6.45) is 0. The van der Waals surface area contributed by atoms with Gasteiger partial charge in [-0.05, 0) is 61.0 Å². The molecule has 0 radical (unpaired) electrons. The predicted molar refractivity (Wildman–Crippen MR) is 147 cm³/mol. The Bertz CT molecular complexity index is 1700. The summed E-state index contributed by atoms with van der Waals surface area (Å²) < 4.78 is 29.9. The molecule has 0 aliphatic rings. The highest BCUT2D eigenvalue weighted by molar-refractivity contribution is 7.89. The average molecular weight is 545 g/mol. The van der Waals surface area contributed by atoms with Gasteiger partial charge in [-0.15, -0.1) is 0 Å². The number of nitrogens with one attached hydrogen (secondary N) is 1. The molecule has 4 aromatic rings. The van der Waals surface area contributed by atoms with E-state index in [1.807, 2.05) is 0 Å². The Morgan fingerprint density at radius 1 is 0.872 bits per heavy atom. The van der Waals surface area contributed by atoms with Crippen LogP contribution >= 0.6 is 0 Å². The van der Waals surface area contributed by atoms with Crippen molar-refractivity contribution in [3.8, 4) is 22.6 Å². The van der Waals surface area contributed by atoms with Crippen LogP contribution in [0.4, 0.5) is 5.69 Å². The standard InChI is InChI=1S/C28H24N4O6S/c1-17(33)20-13-14-25(38-22-6-4-5-21(15-22)27(29)32-35)24(16-20)31-28(34)19-11-9-18(10-12-19)23-7-2-3-8-26(23)39(30,36)37/h2-16,35H,1H3,(H2,29,32)(H,31,34)(H2,30,36,37). The van der Waals surface area contributed by atoms with E-state index in [-0.39, 0.29) is 33.5 Å². The number of sulfonamides is 1. The summed E-state index contributed by atoms with van der Waals surface area (Å²) >= 11 is 0. The number of hydrogen-bond acceptors (Lipinski definition) is 7. The first-order valence-electron chi connectivity index (χ1n) is 11.5. The number of amides is 1. The van der Waals surface area contributed by atoms with Crippen LogP contribution in [0.25, 0.3) is 11.1 Å². The second-order valence-corrected chi connectivity index (χ2v) is 9.98. The summed E-state index contributed by atoms with van der Waals surface area (Å²) in [5.74, 6) is -0.191. The van der Waals surface area contributed by atoms with Gasteiger partial charge in [0.25, 0.3) is 5.91 Å². The first-order chi connectivity index (χ1) is 18.6. The Morgan fingerprint density at radius 3 is 2.23 bits per heavy atom. The molecule has 0 heterocycles. The van der Waals surface area contributed by atoms with Crippen LogP contribution in [0.3, 0.4) is 0 Å². The zero-order chi connectivity index (χ0) is 28.2. The van der Waals surface area contributed by atoms with E-state index in [4.69, 9.17) is 20.8 Å². The topological polar surface area (TPSA) is 174 Å². The fraction of sp³-hybridized carbons (Fsp3) is 0.0357.